The summed E-state index contributed by atoms with van der Waals surface area (Å²) in [6, 6.07) is 0. The number of aliphatic hydroxyl groups excluding tert-OH is 2. The first kappa shape index (κ1) is 51.6. The number of carbonyl (C=O) groups is 2. The third-order valence-corrected chi connectivity index (χ3v) is 8.39. The fourth-order valence-corrected chi connectivity index (χ4v) is 5.23. The summed E-state index contributed by atoms with van der Waals surface area (Å²) in [5.41, 5.74) is 0. The van der Waals surface area contributed by atoms with Gasteiger partial charge in [0.15, 0.2) is 6.10 Å². The monoisotopic (exact) mass is 788 g/mol. The van der Waals surface area contributed by atoms with E-state index in [-0.39, 0.29) is 19.4 Å². The third kappa shape index (κ3) is 38.7. The van der Waals surface area contributed by atoms with E-state index in [1.165, 1.54) is 0 Å². The molecule has 0 saturated carbocycles. The standard InChI is InChI=1S/C44H69O10P/c1-3-5-7-9-11-13-15-17-18-19-20-21-22-24-26-28-30-32-34-36-44(48)54-42(40-53-55(49,50)52-38-41(46)37-45)39-51-43(47)35-33-31-29-27-25-23-16-14-12-10-8-6-4-2/h5-8,11-14,17-18,20-21,23-26,29,31,41-42,45-46H,3-4,9-10,15-16,19,22,27-28,30,32-40H2,1-2H3,(H,49,50)/b7-5-,8-6-,13-11-,14-12-,18-17-,21-20-,25-23-,26-24-,31-29-. The van der Waals surface area contributed by atoms with E-state index >= 15 is 0 Å². The molecule has 0 aliphatic carbocycles. The van der Waals surface area contributed by atoms with Gasteiger partial charge in [-0.2, -0.15) is 0 Å². The summed E-state index contributed by atoms with van der Waals surface area (Å²) in [5, 5.41) is 18.3. The molecule has 0 saturated heterocycles. The van der Waals surface area contributed by atoms with Gasteiger partial charge in [0, 0.05) is 12.8 Å². The number of unbranched alkanes of at least 4 members (excludes halogenated alkanes) is 3. The topological polar surface area (TPSA) is 149 Å². The molecule has 0 aromatic heterocycles. The van der Waals surface area contributed by atoms with Gasteiger partial charge in [0.1, 0.15) is 12.7 Å². The average molecular weight is 789 g/mol. The molecule has 310 valence electrons. The van der Waals surface area contributed by atoms with Crippen LogP contribution in [0, 0.1) is 0 Å². The molecular weight excluding hydrogens is 719 g/mol. The van der Waals surface area contributed by atoms with E-state index in [0.717, 1.165) is 77.0 Å². The van der Waals surface area contributed by atoms with Gasteiger partial charge in [0.2, 0.25) is 0 Å². The summed E-state index contributed by atoms with van der Waals surface area (Å²) in [7, 11) is -4.65. The van der Waals surface area contributed by atoms with Crippen LogP contribution in [0.5, 0.6) is 0 Å². The fourth-order valence-electron chi connectivity index (χ4n) is 4.44. The Hall–Kier alpha value is -3.37. The maximum Gasteiger partial charge on any atom is 0.472 e. The smallest absolute Gasteiger partial charge is 0.462 e. The second-order valence-corrected chi connectivity index (χ2v) is 14.0. The summed E-state index contributed by atoms with van der Waals surface area (Å²) in [6.45, 7) is 1.98. The maximum atomic E-state index is 12.6. The number of hydrogen-bond donors (Lipinski definition) is 3. The minimum Gasteiger partial charge on any atom is -0.462 e. The van der Waals surface area contributed by atoms with Gasteiger partial charge >= 0.3 is 19.8 Å². The van der Waals surface area contributed by atoms with E-state index in [4.69, 9.17) is 19.1 Å². The van der Waals surface area contributed by atoms with Crippen molar-refractivity contribution in [1.82, 2.24) is 0 Å². The average Bonchev–Trinajstić information content (AvgIpc) is 3.17. The van der Waals surface area contributed by atoms with Gasteiger partial charge in [-0.05, 0) is 83.5 Å². The van der Waals surface area contributed by atoms with Crippen molar-refractivity contribution in [2.75, 3.05) is 26.4 Å². The van der Waals surface area contributed by atoms with Crippen LogP contribution in [0.1, 0.15) is 117 Å². The van der Waals surface area contributed by atoms with Crippen LogP contribution in [0.3, 0.4) is 0 Å². The highest BCUT2D eigenvalue weighted by atomic mass is 31.2. The van der Waals surface area contributed by atoms with Crippen LogP contribution < -0.4 is 0 Å². The molecule has 0 aromatic carbocycles. The molecule has 10 nitrogen and oxygen atoms in total. The van der Waals surface area contributed by atoms with E-state index in [2.05, 4.69) is 116 Å². The Bertz CT molecular complexity index is 1270. The van der Waals surface area contributed by atoms with E-state index < -0.39 is 51.8 Å². The SMILES string of the molecule is CC/C=C\C/C=C\C/C=C\C/C=C\C/C=C\CCCCCC(=O)OC(COC(=O)CC/C=C\C/C=C\C/C=C\C/C=C\CC)COP(=O)(O)OCC(O)CO. The number of aliphatic hydroxyl groups is 2. The number of esters is 2. The number of phosphoric ester groups is 1. The van der Waals surface area contributed by atoms with Crippen LogP contribution in [-0.2, 0) is 32.7 Å². The Kier molecular flexibility index (Phi) is 36.5. The summed E-state index contributed by atoms with van der Waals surface area (Å²) < 4.78 is 32.5. The second kappa shape index (κ2) is 38.9. The van der Waals surface area contributed by atoms with Crippen molar-refractivity contribution in [3.63, 3.8) is 0 Å². The molecule has 55 heavy (non-hydrogen) atoms. The van der Waals surface area contributed by atoms with Crippen molar-refractivity contribution in [3.05, 3.63) is 109 Å². The van der Waals surface area contributed by atoms with E-state index in [9.17, 15) is 24.2 Å². The summed E-state index contributed by atoms with van der Waals surface area (Å²) in [5.74, 6) is -1.07. The number of allylic oxidation sites excluding steroid dienone is 18. The summed E-state index contributed by atoms with van der Waals surface area (Å²) in [6.07, 6.45) is 47.9. The highest BCUT2D eigenvalue weighted by Crippen LogP contribution is 2.43. The molecule has 0 fully saturated rings. The van der Waals surface area contributed by atoms with Crippen LogP contribution in [-0.4, -0.2) is 65.7 Å². The highest BCUT2D eigenvalue weighted by Gasteiger charge is 2.27. The molecular formula is C44H69O10P. The Morgan fingerprint density at radius 3 is 1.45 bits per heavy atom. The number of ether oxygens (including phenoxy) is 2. The number of carbonyl (C=O) groups excluding carboxylic acids is 2. The summed E-state index contributed by atoms with van der Waals surface area (Å²) >= 11 is 0. The molecule has 0 spiro atoms. The van der Waals surface area contributed by atoms with Crippen molar-refractivity contribution in [1.29, 1.82) is 0 Å². The minimum absolute atomic E-state index is 0.105. The quantitative estimate of drug-likeness (QED) is 0.0245. The fraction of sp³-hybridized carbons (Fsp3) is 0.545. The largest absolute Gasteiger partial charge is 0.472 e. The van der Waals surface area contributed by atoms with Gasteiger partial charge < -0.3 is 24.6 Å². The number of phosphoric acid groups is 1. The Balaban J connectivity index is 4.53. The molecule has 0 amide bonds. The first-order valence-electron chi connectivity index (χ1n) is 19.8. The van der Waals surface area contributed by atoms with Crippen LogP contribution in [0.25, 0.3) is 0 Å². The Labute approximate surface area is 331 Å². The number of rotatable bonds is 35. The molecule has 0 bridgehead atoms. The van der Waals surface area contributed by atoms with E-state index in [1.54, 1.807) is 0 Å². The predicted octanol–water partition coefficient (Wildman–Crippen LogP) is 10.2. The van der Waals surface area contributed by atoms with Gasteiger partial charge in [0.05, 0.1) is 19.8 Å². The normalized spacial score (nSPS) is 15.1. The lowest BCUT2D eigenvalue weighted by Crippen LogP contribution is -2.29. The van der Waals surface area contributed by atoms with Crippen molar-refractivity contribution in [2.45, 2.75) is 129 Å². The maximum absolute atomic E-state index is 12.6. The van der Waals surface area contributed by atoms with Crippen molar-refractivity contribution in [2.24, 2.45) is 0 Å². The van der Waals surface area contributed by atoms with Gasteiger partial charge in [0.25, 0.3) is 0 Å². The Morgan fingerprint density at radius 1 is 0.545 bits per heavy atom. The first-order valence-corrected chi connectivity index (χ1v) is 21.3. The van der Waals surface area contributed by atoms with Crippen LogP contribution >= 0.6 is 7.82 Å². The zero-order valence-corrected chi connectivity index (χ0v) is 34.2. The van der Waals surface area contributed by atoms with E-state index in [1.807, 2.05) is 12.2 Å². The zero-order chi connectivity index (χ0) is 40.5. The molecule has 3 N–H and O–H groups in total. The molecule has 0 aliphatic rings. The second-order valence-electron chi connectivity index (χ2n) is 12.5. The van der Waals surface area contributed by atoms with Crippen LogP contribution in [0.2, 0.25) is 0 Å². The minimum atomic E-state index is -4.65. The number of hydrogen-bond acceptors (Lipinski definition) is 9. The lowest BCUT2D eigenvalue weighted by atomic mass is 10.1. The van der Waals surface area contributed by atoms with E-state index in [0.29, 0.717) is 12.8 Å². The van der Waals surface area contributed by atoms with Gasteiger partial charge in [-0.25, -0.2) is 4.57 Å². The van der Waals surface area contributed by atoms with Crippen molar-refractivity contribution >= 4 is 19.8 Å². The molecule has 0 rings (SSSR count). The molecule has 3 atom stereocenters. The first-order chi connectivity index (χ1) is 26.7. The molecule has 11 heteroatoms. The molecule has 0 aromatic rings. The molecule has 3 unspecified atom stereocenters. The van der Waals surface area contributed by atoms with Crippen LogP contribution in [0.15, 0.2) is 109 Å². The predicted molar refractivity (Wildman–Crippen MR) is 223 cm³/mol. The Morgan fingerprint density at radius 2 is 0.982 bits per heavy atom. The zero-order valence-electron chi connectivity index (χ0n) is 33.3. The molecule has 0 radical (unpaired) electrons. The lowest BCUT2D eigenvalue weighted by molar-refractivity contribution is -0.161. The highest BCUT2D eigenvalue weighted by molar-refractivity contribution is 7.47. The van der Waals surface area contributed by atoms with Gasteiger partial charge in [-0.15, -0.1) is 0 Å². The third-order valence-electron chi connectivity index (χ3n) is 7.44. The summed E-state index contributed by atoms with van der Waals surface area (Å²) in [4.78, 5) is 34.8. The van der Waals surface area contributed by atoms with Crippen molar-refractivity contribution in [3.8, 4) is 0 Å². The molecule has 0 heterocycles. The van der Waals surface area contributed by atoms with Crippen LogP contribution in [0.4, 0.5) is 0 Å². The van der Waals surface area contributed by atoms with Gasteiger partial charge in [-0.1, -0.05) is 130 Å². The lowest BCUT2D eigenvalue weighted by Gasteiger charge is -2.20. The van der Waals surface area contributed by atoms with Crippen molar-refractivity contribution < 1.29 is 47.8 Å². The molecule has 0 aliphatic heterocycles. The van der Waals surface area contributed by atoms with Gasteiger partial charge in [-0.3, -0.25) is 18.6 Å².